The van der Waals surface area contributed by atoms with Crippen LogP contribution in [0.4, 0.5) is 0 Å². The van der Waals surface area contributed by atoms with E-state index in [0.29, 0.717) is 12.0 Å². The molecule has 0 fully saturated rings. The minimum Gasteiger partial charge on any atom is -0.347 e. The monoisotopic (exact) mass is 234 g/mol. The van der Waals surface area contributed by atoms with Crippen molar-refractivity contribution in [2.75, 3.05) is 14.1 Å². The Kier molecular flexibility index (Phi) is 4.40. The van der Waals surface area contributed by atoms with E-state index in [1.165, 1.54) is 11.8 Å². The molecule has 0 heterocycles. The largest absolute Gasteiger partial charge is 0.347 e. The Hall–Kier alpha value is -1.68. The third-order valence-electron chi connectivity index (χ3n) is 2.57. The van der Waals surface area contributed by atoms with E-state index < -0.39 is 6.04 Å². The van der Waals surface area contributed by atoms with E-state index in [1.54, 1.807) is 26.2 Å². The molecule has 1 aromatic carbocycles. The van der Waals surface area contributed by atoms with E-state index in [0.717, 1.165) is 5.56 Å². The third-order valence-corrected chi connectivity index (χ3v) is 2.57. The quantitative estimate of drug-likeness (QED) is 0.785. The van der Waals surface area contributed by atoms with Gasteiger partial charge in [-0.3, -0.25) is 9.59 Å². The van der Waals surface area contributed by atoms with Crippen LogP contribution in [0.25, 0.3) is 0 Å². The van der Waals surface area contributed by atoms with Crippen molar-refractivity contribution in [3.8, 4) is 0 Å². The van der Waals surface area contributed by atoms with E-state index in [9.17, 15) is 9.59 Å². The number of nitrogens with two attached hydrogens (primary N) is 1. The number of rotatable bonds is 4. The Bertz CT molecular complexity index is 410. The number of ketones is 1. The zero-order valence-electron chi connectivity index (χ0n) is 10.4. The number of carbonyl (C=O) groups excluding carboxylic acids is 2. The molecule has 4 nitrogen and oxygen atoms in total. The Labute approximate surface area is 101 Å². The van der Waals surface area contributed by atoms with Gasteiger partial charge >= 0.3 is 0 Å². The predicted molar refractivity (Wildman–Crippen MR) is 66.8 cm³/mol. The number of hydrogen-bond acceptors (Lipinski definition) is 3. The van der Waals surface area contributed by atoms with Gasteiger partial charge in [-0.25, -0.2) is 0 Å². The summed E-state index contributed by atoms with van der Waals surface area (Å²) in [5.74, 6) is -0.0640. The van der Waals surface area contributed by atoms with Crippen molar-refractivity contribution in [3.05, 3.63) is 35.4 Å². The van der Waals surface area contributed by atoms with Gasteiger partial charge in [0.15, 0.2) is 5.78 Å². The number of carbonyl (C=O) groups is 2. The fourth-order valence-electron chi connectivity index (χ4n) is 1.55. The molecule has 0 spiro atoms. The molecule has 1 unspecified atom stereocenters. The zero-order valence-corrected chi connectivity index (χ0v) is 10.4. The first-order chi connectivity index (χ1) is 7.91. The fraction of sp³-hybridized carbons (Fsp3) is 0.385. The Morgan fingerprint density at radius 1 is 1.24 bits per heavy atom. The first-order valence-corrected chi connectivity index (χ1v) is 5.48. The molecule has 0 bridgehead atoms. The van der Waals surface area contributed by atoms with Crippen molar-refractivity contribution in [3.63, 3.8) is 0 Å². The highest BCUT2D eigenvalue weighted by molar-refractivity contribution is 5.94. The fourth-order valence-corrected chi connectivity index (χ4v) is 1.55. The summed E-state index contributed by atoms with van der Waals surface area (Å²) in [5.41, 5.74) is 7.41. The van der Waals surface area contributed by atoms with Crippen LogP contribution in [-0.4, -0.2) is 36.7 Å². The second-order valence-corrected chi connectivity index (χ2v) is 4.30. The molecular formula is C13H18N2O2. The van der Waals surface area contributed by atoms with Crippen LogP contribution < -0.4 is 5.73 Å². The summed E-state index contributed by atoms with van der Waals surface area (Å²) in [4.78, 5) is 24.1. The summed E-state index contributed by atoms with van der Waals surface area (Å²) >= 11 is 0. The summed E-state index contributed by atoms with van der Waals surface area (Å²) in [7, 11) is 3.36. The van der Waals surface area contributed by atoms with Crippen molar-refractivity contribution in [2.45, 2.75) is 19.4 Å². The highest BCUT2D eigenvalue weighted by Crippen LogP contribution is 2.07. The van der Waals surface area contributed by atoms with Gasteiger partial charge in [-0.1, -0.05) is 24.3 Å². The molecule has 0 saturated heterocycles. The maximum atomic E-state index is 11.6. The highest BCUT2D eigenvalue weighted by Gasteiger charge is 2.15. The minimum atomic E-state index is -0.534. The van der Waals surface area contributed by atoms with Crippen LogP contribution in [0.1, 0.15) is 22.8 Å². The Balaban J connectivity index is 2.69. The topological polar surface area (TPSA) is 63.4 Å². The zero-order chi connectivity index (χ0) is 13.0. The van der Waals surface area contributed by atoms with E-state index >= 15 is 0 Å². The molecule has 1 amide bonds. The van der Waals surface area contributed by atoms with Gasteiger partial charge in [-0.05, 0) is 18.9 Å². The molecule has 4 heteroatoms. The van der Waals surface area contributed by atoms with Gasteiger partial charge in [0.05, 0.1) is 6.04 Å². The van der Waals surface area contributed by atoms with Crippen LogP contribution in [0.5, 0.6) is 0 Å². The number of nitrogens with zero attached hydrogens (tertiary/aromatic N) is 1. The average molecular weight is 234 g/mol. The molecule has 1 aromatic rings. The first kappa shape index (κ1) is 13.4. The van der Waals surface area contributed by atoms with Crippen LogP contribution in [0.15, 0.2) is 24.3 Å². The Morgan fingerprint density at radius 3 is 2.18 bits per heavy atom. The number of likely N-dealkylation sites (N-methyl/N-ethyl adjacent to an activating group) is 1. The first-order valence-electron chi connectivity index (χ1n) is 5.48. The molecule has 0 aliphatic rings. The van der Waals surface area contributed by atoms with Gasteiger partial charge in [0.1, 0.15) is 0 Å². The van der Waals surface area contributed by atoms with Gasteiger partial charge < -0.3 is 10.6 Å². The molecular weight excluding hydrogens is 216 g/mol. The van der Waals surface area contributed by atoms with Crippen molar-refractivity contribution in [1.29, 1.82) is 0 Å². The molecule has 92 valence electrons. The van der Waals surface area contributed by atoms with E-state index in [4.69, 9.17) is 5.73 Å². The van der Waals surface area contributed by atoms with E-state index in [2.05, 4.69) is 0 Å². The summed E-state index contributed by atoms with van der Waals surface area (Å²) in [6.07, 6.45) is 0.481. The SMILES string of the molecule is CC(=O)c1ccc(CC(N)C(=O)N(C)C)cc1. The smallest absolute Gasteiger partial charge is 0.239 e. The average Bonchev–Trinajstić information content (AvgIpc) is 2.28. The molecule has 2 N–H and O–H groups in total. The standard InChI is InChI=1S/C13H18N2O2/c1-9(16)11-6-4-10(5-7-11)8-12(14)13(17)15(2)3/h4-7,12H,8,14H2,1-3H3. The molecule has 17 heavy (non-hydrogen) atoms. The molecule has 1 rings (SSSR count). The van der Waals surface area contributed by atoms with Crippen LogP contribution in [0.3, 0.4) is 0 Å². The van der Waals surface area contributed by atoms with E-state index in [1.807, 2.05) is 12.1 Å². The number of hydrogen-bond donors (Lipinski definition) is 1. The van der Waals surface area contributed by atoms with Crippen molar-refractivity contribution in [1.82, 2.24) is 4.90 Å². The number of amides is 1. The van der Waals surface area contributed by atoms with E-state index in [-0.39, 0.29) is 11.7 Å². The van der Waals surface area contributed by atoms with Crippen molar-refractivity contribution >= 4 is 11.7 Å². The van der Waals surface area contributed by atoms with Crippen LogP contribution in [-0.2, 0) is 11.2 Å². The van der Waals surface area contributed by atoms with Gasteiger partial charge in [-0.2, -0.15) is 0 Å². The lowest BCUT2D eigenvalue weighted by molar-refractivity contribution is -0.130. The molecule has 0 radical (unpaired) electrons. The van der Waals surface area contributed by atoms with Crippen molar-refractivity contribution < 1.29 is 9.59 Å². The van der Waals surface area contributed by atoms with Gasteiger partial charge in [0, 0.05) is 19.7 Å². The third kappa shape index (κ3) is 3.67. The molecule has 0 aromatic heterocycles. The maximum Gasteiger partial charge on any atom is 0.239 e. The maximum absolute atomic E-state index is 11.6. The lowest BCUT2D eigenvalue weighted by atomic mass is 10.0. The van der Waals surface area contributed by atoms with Gasteiger partial charge in [0.2, 0.25) is 5.91 Å². The van der Waals surface area contributed by atoms with Gasteiger partial charge in [-0.15, -0.1) is 0 Å². The second kappa shape index (κ2) is 5.59. The molecule has 0 aliphatic carbocycles. The van der Waals surface area contributed by atoms with Gasteiger partial charge in [0.25, 0.3) is 0 Å². The van der Waals surface area contributed by atoms with Crippen LogP contribution in [0.2, 0.25) is 0 Å². The van der Waals surface area contributed by atoms with Crippen LogP contribution in [0, 0.1) is 0 Å². The highest BCUT2D eigenvalue weighted by atomic mass is 16.2. The minimum absolute atomic E-state index is 0.0326. The number of Topliss-reactive ketones (excluding diaryl/α,β-unsaturated/α-hetero) is 1. The summed E-state index contributed by atoms with van der Waals surface area (Å²) < 4.78 is 0. The second-order valence-electron chi connectivity index (χ2n) is 4.30. The molecule has 0 saturated carbocycles. The summed E-state index contributed by atoms with van der Waals surface area (Å²) in [6, 6.07) is 6.64. The van der Waals surface area contributed by atoms with Crippen molar-refractivity contribution in [2.24, 2.45) is 5.73 Å². The number of benzene rings is 1. The lowest BCUT2D eigenvalue weighted by Crippen LogP contribution is -2.41. The lowest BCUT2D eigenvalue weighted by Gasteiger charge is -2.16. The normalized spacial score (nSPS) is 12.0. The predicted octanol–water partition coefficient (Wildman–Crippen LogP) is 0.847. The van der Waals surface area contributed by atoms with Crippen LogP contribution >= 0.6 is 0 Å². The Morgan fingerprint density at radius 2 is 1.76 bits per heavy atom. The molecule has 0 aliphatic heterocycles. The summed E-state index contributed by atoms with van der Waals surface area (Å²) in [6.45, 7) is 1.52. The summed E-state index contributed by atoms with van der Waals surface area (Å²) in [5, 5.41) is 0. The molecule has 1 atom stereocenters.